The van der Waals surface area contributed by atoms with Crippen molar-refractivity contribution in [2.24, 2.45) is 0 Å². The second kappa shape index (κ2) is 5.60. The molecule has 0 rings (SSSR count). The average Bonchev–Trinajstić information content (AvgIpc) is 1.98. The molecule has 0 aromatic carbocycles. The summed E-state index contributed by atoms with van der Waals surface area (Å²) in [5, 5.41) is 0. The van der Waals surface area contributed by atoms with Crippen LogP contribution in [-0.2, 0) is 9.53 Å². The van der Waals surface area contributed by atoms with Crippen LogP contribution in [0.3, 0.4) is 0 Å². The van der Waals surface area contributed by atoms with Gasteiger partial charge in [0.05, 0.1) is 6.42 Å². The molecule has 0 bridgehead atoms. The van der Waals surface area contributed by atoms with E-state index in [-0.39, 0.29) is 6.42 Å². The number of hydrogen-bond acceptors (Lipinski definition) is 2. The van der Waals surface area contributed by atoms with Gasteiger partial charge in [-0.3, -0.25) is 4.79 Å². The highest BCUT2D eigenvalue weighted by Gasteiger charge is 2.27. The third-order valence-electron chi connectivity index (χ3n) is 0.991. The fourth-order valence-electron chi connectivity index (χ4n) is 0.519. The van der Waals surface area contributed by atoms with Crippen LogP contribution >= 0.6 is 0 Å². The second-order valence-corrected chi connectivity index (χ2v) is 2.25. The van der Waals surface area contributed by atoms with Crippen molar-refractivity contribution >= 4 is 5.78 Å². The third kappa shape index (κ3) is 8.89. The minimum absolute atomic E-state index is 0.0612. The Labute approximate surface area is 74.1 Å². The largest absolute Gasteiger partial charge is 0.411 e. The molecule has 0 N–H and O–H groups in total. The zero-order valence-corrected chi connectivity index (χ0v) is 7.07. The van der Waals surface area contributed by atoms with Crippen LogP contribution in [0.1, 0.15) is 13.3 Å². The van der Waals surface area contributed by atoms with Crippen LogP contribution in [-0.4, -0.2) is 25.2 Å². The Morgan fingerprint density at radius 1 is 1.46 bits per heavy atom. The van der Waals surface area contributed by atoms with Crippen LogP contribution in [0, 0.1) is 11.8 Å². The molecule has 0 aliphatic rings. The smallest absolute Gasteiger partial charge is 0.364 e. The Kier molecular flexibility index (Phi) is 5.16. The molecule has 0 aromatic heterocycles. The van der Waals surface area contributed by atoms with E-state index in [2.05, 4.69) is 16.6 Å². The van der Waals surface area contributed by atoms with E-state index in [0.29, 0.717) is 0 Å². The summed E-state index contributed by atoms with van der Waals surface area (Å²) in [7, 11) is 0. The van der Waals surface area contributed by atoms with Gasteiger partial charge in [-0.05, 0) is 6.92 Å². The summed E-state index contributed by atoms with van der Waals surface area (Å²) >= 11 is 0. The van der Waals surface area contributed by atoms with E-state index in [0.717, 1.165) is 0 Å². The molecule has 0 fully saturated rings. The number of rotatable bonds is 4. The van der Waals surface area contributed by atoms with Crippen LogP contribution in [0.15, 0.2) is 0 Å². The Morgan fingerprint density at radius 3 is 2.54 bits per heavy atom. The molecule has 0 unspecified atom stereocenters. The molecule has 0 radical (unpaired) electrons. The average molecular weight is 194 g/mol. The minimum Gasteiger partial charge on any atom is -0.364 e. The number of ether oxygens (including phenoxy) is 1. The van der Waals surface area contributed by atoms with Crippen LogP contribution < -0.4 is 0 Å². The van der Waals surface area contributed by atoms with Crippen LogP contribution in [0.2, 0.25) is 0 Å². The summed E-state index contributed by atoms with van der Waals surface area (Å²) in [6, 6.07) is 0. The van der Waals surface area contributed by atoms with Gasteiger partial charge in [0.15, 0.2) is 5.78 Å². The third-order valence-corrected chi connectivity index (χ3v) is 0.991. The van der Waals surface area contributed by atoms with E-state index >= 15 is 0 Å². The molecule has 0 aliphatic heterocycles. The van der Waals surface area contributed by atoms with Crippen molar-refractivity contribution in [2.45, 2.75) is 19.5 Å². The molecular formula is C8H9F3O2. The Bertz CT molecular complexity index is 222. The van der Waals surface area contributed by atoms with Gasteiger partial charge in [-0.1, -0.05) is 5.92 Å². The monoisotopic (exact) mass is 194 g/mol. The van der Waals surface area contributed by atoms with Gasteiger partial charge in [0, 0.05) is 0 Å². The number of halogens is 3. The zero-order chi connectivity index (χ0) is 10.3. The second-order valence-electron chi connectivity index (χ2n) is 2.25. The van der Waals surface area contributed by atoms with E-state index in [1.54, 1.807) is 6.92 Å². The number of carbonyl (C=O) groups excluding carboxylic acids is 1. The molecule has 0 aromatic rings. The van der Waals surface area contributed by atoms with E-state index in [4.69, 9.17) is 0 Å². The maximum absolute atomic E-state index is 11.5. The first-order valence-corrected chi connectivity index (χ1v) is 3.51. The minimum atomic E-state index is -4.38. The van der Waals surface area contributed by atoms with Crippen LogP contribution in [0.5, 0.6) is 0 Å². The van der Waals surface area contributed by atoms with Gasteiger partial charge in [-0.15, -0.1) is 5.92 Å². The lowest BCUT2D eigenvalue weighted by Gasteiger charge is -2.05. The Hall–Kier alpha value is -1.02. The molecule has 2 nitrogen and oxygen atoms in total. The highest BCUT2D eigenvalue weighted by Crippen LogP contribution is 2.14. The molecule has 13 heavy (non-hydrogen) atoms. The molecule has 0 amide bonds. The predicted octanol–water partition coefficient (Wildman–Crippen LogP) is 1.55. The van der Waals surface area contributed by atoms with Gasteiger partial charge in [0.2, 0.25) is 0 Å². The number of ketones is 1. The van der Waals surface area contributed by atoms with Gasteiger partial charge >= 0.3 is 6.18 Å². The summed E-state index contributed by atoms with van der Waals surface area (Å²) in [4.78, 5) is 10.7. The quantitative estimate of drug-likeness (QED) is 0.634. The maximum Gasteiger partial charge on any atom is 0.411 e. The van der Waals surface area contributed by atoms with Gasteiger partial charge in [0.1, 0.15) is 13.2 Å². The zero-order valence-electron chi connectivity index (χ0n) is 7.07. The van der Waals surface area contributed by atoms with Gasteiger partial charge in [0.25, 0.3) is 0 Å². The highest BCUT2D eigenvalue weighted by atomic mass is 19.4. The lowest BCUT2D eigenvalue weighted by atomic mass is 10.3. The van der Waals surface area contributed by atoms with Gasteiger partial charge < -0.3 is 4.74 Å². The normalized spacial score (nSPS) is 10.5. The Morgan fingerprint density at radius 2 is 2.08 bits per heavy atom. The van der Waals surface area contributed by atoms with E-state index in [1.165, 1.54) is 0 Å². The molecule has 0 spiro atoms. The van der Waals surface area contributed by atoms with Crippen molar-refractivity contribution in [1.82, 2.24) is 0 Å². The molecule has 0 atom stereocenters. The standard InChI is InChI=1S/C8H9F3O2/c1-2-3-4-7(12)5-13-6-8(9,10)11/h4-6H2,1H3. The SMILES string of the molecule is CC#CCC(=O)COCC(F)(F)F. The number of hydrogen-bond donors (Lipinski definition) is 0. The predicted molar refractivity (Wildman–Crippen MR) is 39.9 cm³/mol. The van der Waals surface area contributed by atoms with E-state index < -0.39 is 25.2 Å². The molecule has 74 valence electrons. The fourth-order valence-corrected chi connectivity index (χ4v) is 0.519. The first-order valence-electron chi connectivity index (χ1n) is 3.51. The molecule has 5 heteroatoms. The van der Waals surface area contributed by atoms with Gasteiger partial charge in [-0.25, -0.2) is 0 Å². The number of carbonyl (C=O) groups is 1. The van der Waals surface area contributed by atoms with E-state index in [1.807, 2.05) is 0 Å². The Balaban J connectivity index is 3.52. The first kappa shape index (κ1) is 12.0. The maximum atomic E-state index is 11.5. The molecular weight excluding hydrogens is 185 g/mol. The summed E-state index contributed by atoms with van der Waals surface area (Å²) < 4.78 is 38.6. The van der Waals surface area contributed by atoms with Crippen molar-refractivity contribution in [1.29, 1.82) is 0 Å². The lowest BCUT2D eigenvalue weighted by Crippen LogP contribution is -2.20. The molecule has 0 heterocycles. The summed E-state index contributed by atoms with van der Waals surface area (Å²) in [6.07, 6.45) is -4.44. The van der Waals surface area contributed by atoms with Crippen molar-refractivity contribution in [3.05, 3.63) is 0 Å². The molecule has 0 saturated carbocycles. The van der Waals surface area contributed by atoms with Crippen molar-refractivity contribution < 1.29 is 22.7 Å². The van der Waals surface area contributed by atoms with E-state index in [9.17, 15) is 18.0 Å². The van der Waals surface area contributed by atoms with Crippen molar-refractivity contribution in [2.75, 3.05) is 13.2 Å². The van der Waals surface area contributed by atoms with Crippen LogP contribution in [0.4, 0.5) is 13.2 Å². The topological polar surface area (TPSA) is 26.3 Å². The van der Waals surface area contributed by atoms with Crippen LogP contribution in [0.25, 0.3) is 0 Å². The summed E-state index contributed by atoms with van der Waals surface area (Å²) in [5.74, 6) is 4.45. The summed E-state index contributed by atoms with van der Waals surface area (Å²) in [6.45, 7) is -0.379. The molecule has 0 aliphatic carbocycles. The first-order chi connectivity index (χ1) is 5.95. The fraction of sp³-hybridized carbons (Fsp3) is 0.625. The highest BCUT2D eigenvalue weighted by molar-refractivity contribution is 5.81. The number of Topliss-reactive ketones (excluding diaryl/α,β-unsaturated/α-hetero) is 1. The van der Waals surface area contributed by atoms with Crippen molar-refractivity contribution in [3.8, 4) is 11.8 Å². The lowest BCUT2D eigenvalue weighted by molar-refractivity contribution is -0.175. The van der Waals surface area contributed by atoms with Gasteiger partial charge in [-0.2, -0.15) is 13.2 Å². The molecule has 0 saturated heterocycles. The van der Waals surface area contributed by atoms with Crippen molar-refractivity contribution in [3.63, 3.8) is 0 Å². The summed E-state index contributed by atoms with van der Waals surface area (Å²) in [5.41, 5.74) is 0. The number of alkyl halides is 3.